The molecule has 0 aliphatic carbocycles. The molecular weight excluding hydrogens is 363 g/mol. The summed E-state index contributed by atoms with van der Waals surface area (Å²) >= 11 is 5.54. The Morgan fingerprint density at radius 3 is 2.44 bits per heavy atom. The summed E-state index contributed by atoms with van der Waals surface area (Å²) in [6.07, 6.45) is -2.82. The number of amides is 1. The first-order chi connectivity index (χ1) is 11.5. The predicted molar refractivity (Wildman–Crippen MR) is 83.8 cm³/mol. The van der Waals surface area contributed by atoms with Crippen LogP contribution >= 0.6 is 11.6 Å². The fourth-order valence-electron chi connectivity index (χ4n) is 2.19. The van der Waals surface area contributed by atoms with Crippen LogP contribution in [0, 0.1) is 0 Å². The Hall–Kier alpha value is -2.55. The molecule has 0 saturated carbocycles. The summed E-state index contributed by atoms with van der Waals surface area (Å²) in [6.45, 7) is -0.639. The number of hydrogen-bond acceptors (Lipinski definition) is 3. The van der Waals surface area contributed by atoms with Crippen molar-refractivity contribution in [2.45, 2.75) is 12.7 Å². The van der Waals surface area contributed by atoms with Crippen LogP contribution in [0.25, 0.3) is 0 Å². The molecule has 0 fully saturated rings. The number of pyridine rings is 1. The molecule has 0 saturated heterocycles. The van der Waals surface area contributed by atoms with E-state index in [9.17, 15) is 27.6 Å². The fraction of sp³-hybridized carbons (Fsp3) is 0.267. The second-order valence-electron chi connectivity index (χ2n) is 5.23. The zero-order valence-corrected chi connectivity index (χ0v) is 13.9. The van der Waals surface area contributed by atoms with Gasteiger partial charge in [0.15, 0.2) is 5.78 Å². The van der Waals surface area contributed by atoms with E-state index in [0.29, 0.717) is 16.8 Å². The normalized spacial score (nSPS) is 11.4. The maximum Gasteiger partial charge on any atom is 0.417 e. The molecule has 10 heteroatoms. The second-order valence-corrected chi connectivity index (χ2v) is 5.64. The van der Waals surface area contributed by atoms with Gasteiger partial charge in [-0.3, -0.25) is 14.4 Å². The van der Waals surface area contributed by atoms with Crippen molar-refractivity contribution in [1.82, 2.24) is 14.5 Å². The van der Waals surface area contributed by atoms with Crippen LogP contribution in [0.1, 0.15) is 26.4 Å². The topological polar surface area (TPSA) is 73.1 Å². The molecule has 2 heterocycles. The number of nitrogens with one attached hydrogen (secondary N) is 1. The Bertz CT molecular complexity index is 900. The third kappa shape index (κ3) is 3.93. The van der Waals surface area contributed by atoms with Gasteiger partial charge in [0.05, 0.1) is 12.1 Å². The van der Waals surface area contributed by atoms with E-state index in [-0.39, 0.29) is 11.3 Å². The number of hydrogen-bond donors (Lipinski definition) is 1. The van der Waals surface area contributed by atoms with Gasteiger partial charge in [-0.05, 0) is 12.1 Å². The molecule has 2 rings (SSSR count). The van der Waals surface area contributed by atoms with E-state index in [1.165, 1.54) is 30.9 Å². The molecule has 0 aliphatic heterocycles. The van der Waals surface area contributed by atoms with E-state index in [4.69, 9.17) is 11.6 Å². The number of Topliss-reactive ketones (excluding diaryl/α,β-unsaturated/α-hetero) is 1. The molecule has 0 atom stereocenters. The summed E-state index contributed by atoms with van der Waals surface area (Å²) in [5, 5.41) is 1.76. The lowest BCUT2D eigenvalue weighted by molar-refractivity contribution is -0.138. The molecule has 0 bridgehead atoms. The fourth-order valence-corrected chi connectivity index (χ4v) is 2.41. The highest BCUT2D eigenvalue weighted by Crippen LogP contribution is 2.29. The summed E-state index contributed by atoms with van der Waals surface area (Å²) in [5.74, 6) is -1.07. The Kier molecular flexibility index (Phi) is 5.07. The first kappa shape index (κ1) is 18.8. The first-order valence-electron chi connectivity index (χ1n) is 6.93. The lowest BCUT2D eigenvalue weighted by atomic mass is 10.2. The van der Waals surface area contributed by atoms with Crippen molar-refractivity contribution in [1.29, 1.82) is 0 Å². The number of carbonyl (C=O) groups excluding carboxylic acids is 2. The number of carbonyl (C=O) groups is 2. The van der Waals surface area contributed by atoms with E-state index in [1.54, 1.807) is 0 Å². The second kappa shape index (κ2) is 6.75. The molecule has 0 aromatic carbocycles. The molecule has 0 spiro atoms. The van der Waals surface area contributed by atoms with Gasteiger partial charge in [-0.1, -0.05) is 11.6 Å². The highest BCUT2D eigenvalue weighted by atomic mass is 35.5. The van der Waals surface area contributed by atoms with Crippen LogP contribution in [0.15, 0.2) is 29.3 Å². The monoisotopic (exact) mass is 375 g/mol. The van der Waals surface area contributed by atoms with E-state index in [1.807, 2.05) is 0 Å². The van der Waals surface area contributed by atoms with Crippen molar-refractivity contribution in [3.05, 3.63) is 56.7 Å². The summed E-state index contributed by atoms with van der Waals surface area (Å²) in [7, 11) is 2.95. The minimum absolute atomic E-state index is 0.0848. The van der Waals surface area contributed by atoms with Crippen LogP contribution in [-0.4, -0.2) is 27.9 Å². The van der Waals surface area contributed by atoms with Gasteiger partial charge in [0.25, 0.3) is 11.5 Å². The zero-order valence-electron chi connectivity index (χ0n) is 13.1. The molecule has 0 aliphatic rings. The van der Waals surface area contributed by atoms with E-state index in [0.717, 1.165) is 0 Å². The largest absolute Gasteiger partial charge is 0.417 e. The van der Waals surface area contributed by atoms with Gasteiger partial charge in [-0.2, -0.15) is 13.2 Å². The van der Waals surface area contributed by atoms with Crippen LogP contribution in [0.3, 0.4) is 0 Å². The number of aromatic nitrogens is 2. The van der Waals surface area contributed by atoms with Gasteiger partial charge >= 0.3 is 6.18 Å². The smallest absolute Gasteiger partial charge is 0.354 e. The minimum Gasteiger partial charge on any atom is -0.354 e. The Morgan fingerprint density at radius 1 is 1.24 bits per heavy atom. The molecular formula is C15H13ClF3N3O3. The SMILES string of the molecule is CNC(=O)c1cc(C(=O)Cn2cc(C(F)(F)F)cc(Cl)c2=O)cn1C. The average molecular weight is 376 g/mol. The Balaban J connectivity index is 2.37. The number of alkyl halides is 3. The Morgan fingerprint density at radius 2 is 1.88 bits per heavy atom. The number of halogens is 4. The van der Waals surface area contributed by atoms with Gasteiger partial charge in [0.1, 0.15) is 10.7 Å². The molecule has 1 N–H and O–H groups in total. The predicted octanol–water partition coefficient (Wildman–Crippen LogP) is 2.10. The van der Waals surface area contributed by atoms with Crippen LogP contribution < -0.4 is 10.9 Å². The molecule has 0 unspecified atom stereocenters. The summed E-state index contributed by atoms with van der Waals surface area (Å²) in [4.78, 5) is 35.8. The lowest BCUT2D eigenvalue weighted by Crippen LogP contribution is -2.26. The van der Waals surface area contributed by atoms with E-state index in [2.05, 4.69) is 5.32 Å². The van der Waals surface area contributed by atoms with Crippen LogP contribution in [-0.2, 0) is 19.8 Å². The molecule has 2 aromatic heterocycles. The third-order valence-electron chi connectivity index (χ3n) is 3.47. The maximum absolute atomic E-state index is 12.8. The number of rotatable bonds is 4. The number of nitrogens with zero attached hydrogens (tertiary/aromatic N) is 2. The van der Waals surface area contributed by atoms with Gasteiger partial charge in [-0.25, -0.2) is 0 Å². The summed E-state index contributed by atoms with van der Waals surface area (Å²) in [6, 6.07) is 1.80. The van der Waals surface area contributed by atoms with E-state index >= 15 is 0 Å². The van der Waals surface area contributed by atoms with Crippen LogP contribution in [0.4, 0.5) is 13.2 Å². The van der Waals surface area contributed by atoms with Crippen molar-refractivity contribution in [3.63, 3.8) is 0 Å². The molecule has 1 amide bonds. The standard InChI is InChI=1S/C15H13ClF3N3O3/c1-20-13(24)11-3-8(5-21(11)2)12(23)7-22-6-9(15(17,18)19)4-10(16)14(22)25/h3-6H,7H2,1-2H3,(H,20,24). The minimum atomic E-state index is -4.71. The maximum atomic E-state index is 12.8. The number of aryl methyl sites for hydroxylation is 1. The quantitative estimate of drug-likeness (QED) is 0.832. The van der Waals surface area contributed by atoms with Crippen LogP contribution in [0.2, 0.25) is 5.02 Å². The van der Waals surface area contributed by atoms with E-state index < -0.39 is 40.6 Å². The number of ketones is 1. The van der Waals surface area contributed by atoms with Crippen LogP contribution in [0.5, 0.6) is 0 Å². The van der Waals surface area contributed by atoms with Crippen molar-refractivity contribution in [2.75, 3.05) is 7.05 Å². The molecule has 134 valence electrons. The lowest BCUT2D eigenvalue weighted by Gasteiger charge is -2.11. The highest BCUT2D eigenvalue weighted by molar-refractivity contribution is 6.30. The molecule has 2 aromatic rings. The highest BCUT2D eigenvalue weighted by Gasteiger charge is 2.32. The van der Waals surface area contributed by atoms with Crippen molar-refractivity contribution < 1.29 is 22.8 Å². The van der Waals surface area contributed by atoms with Crippen molar-refractivity contribution in [2.24, 2.45) is 7.05 Å². The average Bonchev–Trinajstić information content (AvgIpc) is 2.91. The summed E-state index contributed by atoms with van der Waals surface area (Å²) in [5.41, 5.74) is -1.77. The first-order valence-corrected chi connectivity index (χ1v) is 7.31. The molecule has 25 heavy (non-hydrogen) atoms. The van der Waals surface area contributed by atoms with Gasteiger partial charge in [-0.15, -0.1) is 0 Å². The summed E-state index contributed by atoms with van der Waals surface area (Å²) < 4.78 is 40.4. The third-order valence-corrected chi connectivity index (χ3v) is 3.74. The zero-order chi connectivity index (χ0) is 18.9. The van der Waals surface area contributed by atoms with Crippen molar-refractivity contribution >= 4 is 23.3 Å². The Labute approximate surface area is 144 Å². The van der Waals surface area contributed by atoms with Crippen molar-refractivity contribution in [3.8, 4) is 0 Å². The van der Waals surface area contributed by atoms with Gasteiger partial charge in [0.2, 0.25) is 0 Å². The molecule has 0 radical (unpaired) electrons. The van der Waals surface area contributed by atoms with Gasteiger partial charge in [0, 0.05) is 32.1 Å². The molecule has 6 nitrogen and oxygen atoms in total. The van der Waals surface area contributed by atoms with Gasteiger partial charge < -0.3 is 14.5 Å².